The molecule has 1 aromatic rings. The van der Waals surface area contributed by atoms with E-state index >= 15 is 0 Å². The number of thiophene rings is 1. The van der Waals surface area contributed by atoms with E-state index in [0.29, 0.717) is 17.6 Å². The van der Waals surface area contributed by atoms with Crippen LogP contribution in [0.3, 0.4) is 0 Å². The molecule has 0 atom stereocenters. The van der Waals surface area contributed by atoms with Gasteiger partial charge in [0.25, 0.3) is 10.0 Å². The van der Waals surface area contributed by atoms with E-state index in [4.69, 9.17) is 0 Å². The lowest BCUT2D eigenvalue weighted by molar-refractivity contribution is 0.432. The van der Waals surface area contributed by atoms with Crippen molar-refractivity contribution in [1.29, 1.82) is 0 Å². The Hall–Kier alpha value is -0.110. The summed E-state index contributed by atoms with van der Waals surface area (Å²) in [6.45, 7) is 4.32. The fourth-order valence-corrected chi connectivity index (χ4v) is 4.68. The van der Waals surface area contributed by atoms with Crippen molar-refractivity contribution in [1.82, 2.24) is 4.31 Å². The van der Waals surface area contributed by atoms with Crippen molar-refractivity contribution < 1.29 is 13.5 Å². The van der Waals surface area contributed by atoms with Crippen LogP contribution >= 0.6 is 27.3 Å². The van der Waals surface area contributed by atoms with E-state index < -0.39 is 10.0 Å². The molecule has 0 radical (unpaired) electrons. The fourth-order valence-electron chi connectivity index (χ4n) is 1.18. The molecule has 0 fully saturated rings. The van der Waals surface area contributed by atoms with Crippen molar-refractivity contribution in [2.75, 3.05) is 13.1 Å². The third-order valence-electron chi connectivity index (χ3n) is 1.97. The molecule has 7 heteroatoms. The van der Waals surface area contributed by atoms with E-state index in [-0.39, 0.29) is 9.96 Å². The molecular formula is C8H12BrNO3S2. The van der Waals surface area contributed by atoms with Crippen molar-refractivity contribution in [2.24, 2.45) is 0 Å². The van der Waals surface area contributed by atoms with Gasteiger partial charge in [0.2, 0.25) is 0 Å². The molecular weight excluding hydrogens is 302 g/mol. The van der Waals surface area contributed by atoms with E-state index in [9.17, 15) is 13.5 Å². The van der Waals surface area contributed by atoms with Gasteiger partial charge < -0.3 is 5.11 Å². The van der Waals surface area contributed by atoms with Crippen molar-refractivity contribution in [3.05, 3.63) is 9.85 Å². The number of hydrogen-bond acceptors (Lipinski definition) is 4. The number of sulfonamides is 1. The first kappa shape index (κ1) is 13.0. The van der Waals surface area contributed by atoms with Crippen molar-refractivity contribution in [2.45, 2.75) is 18.1 Å². The molecule has 0 bridgehead atoms. The molecule has 0 aliphatic heterocycles. The van der Waals surface area contributed by atoms with Crippen molar-refractivity contribution in [3.63, 3.8) is 0 Å². The molecule has 0 amide bonds. The van der Waals surface area contributed by atoms with E-state index in [1.54, 1.807) is 19.2 Å². The molecule has 1 rings (SSSR count). The van der Waals surface area contributed by atoms with Gasteiger partial charge in [-0.15, -0.1) is 11.3 Å². The fraction of sp³-hybridized carbons (Fsp3) is 0.500. The Bertz CT molecular complexity index is 437. The first-order valence-corrected chi connectivity index (χ1v) is 7.52. The first-order chi connectivity index (χ1) is 6.95. The first-order valence-electron chi connectivity index (χ1n) is 4.41. The smallest absolute Gasteiger partial charge is 0.256 e. The summed E-state index contributed by atoms with van der Waals surface area (Å²) in [6.07, 6.45) is 0. The van der Waals surface area contributed by atoms with Gasteiger partial charge in [-0.05, 0) is 15.9 Å². The number of nitrogens with zero attached hydrogens (tertiary/aromatic N) is 1. The molecule has 0 aliphatic carbocycles. The normalized spacial score (nSPS) is 12.3. The molecule has 4 nitrogen and oxygen atoms in total. The molecule has 0 spiro atoms. The van der Waals surface area contributed by atoms with Gasteiger partial charge in [-0.1, -0.05) is 13.8 Å². The van der Waals surface area contributed by atoms with Gasteiger partial charge in [-0.2, -0.15) is 4.31 Å². The largest absolute Gasteiger partial charge is 0.505 e. The number of rotatable bonds is 4. The van der Waals surface area contributed by atoms with Gasteiger partial charge in [0.1, 0.15) is 0 Å². The highest BCUT2D eigenvalue weighted by atomic mass is 79.9. The maximum absolute atomic E-state index is 12.0. The average molecular weight is 314 g/mol. The lowest BCUT2D eigenvalue weighted by Crippen LogP contribution is -2.30. The Morgan fingerprint density at radius 3 is 2.33 bits per heavy atom. The van der Waals surface area contributed by atoms with E-state index in [0.717, 1.165) is 11.3 Å². The molecule has 0 aliphatic rings. The zero-order valence-electron chi connectivity index (χ0n) is 8.40. The van der Waals surface area contributed by atoms with Crippen LogP contribution in [0.25, 0.3) is 0 Å². The minimum Gasteiger partial charge on any atom is -0.505 e. The van der Waals surface area contributed by atoms with Gasteiger partial charge in [-0.25, -0.2) is 8.42 Å². The molecule has 15 heavy (non-hydrogen) atoms. The summed E-state index contributed by atoms with van der Waals surface area (Å²) in [4.78, 5) is 0. The molecule has 1 heterocycles. The Morgan fingerprint density at radius 1 is 1.47 bits per heavy atom. The van der Waals surface area contributed by atoms with Crippen LogP contribution in [-0.2, 0) is 10.0 Å². The molecule has 0 saturated carbocycles. The third kappa shape index (κ3) is 2.35. The lowest BCUT2D eigenvalue weighted by Gasteiger charge is -2.17. The van der Waals surface area contributed by atoms with Gasteiger partial charge >= 0.3 is 0 Å². The standard InChI is InChI=1S/C8H12BrNO3S2/c1-3-10(4-2)15(12,13)8-7(11)6(9)5-14-8/h5,11H,3-4H2,1-2H3. The summed E-state index contributed by atoms with van der Waals surface area (Å²) < 4.78 is 25.7. The predicted octanol–water partition coefficient (Wildman–Crippen LogP) is 2.25. The van der Waals surface area contributed by atoms with Crippen molar-refractivity contribution in [3.8, 4) is 5.75 Å². The van der Waals surface area contributed by atoms with Crippen LogP contribution in [0.2, 0.25) is 0 Å². The predicted molar refractivity (Wildman–Crippen MR) is 63.8 cm³/mol. The van der Waals surface area contributed by atoms with Crippen LogP contribution in [-0.4, -0.2) is 30.9 Å². The summed E-state index contributed by atoms with van der Waals surface area (Å²) in [5.74, 6) is -0.202. The van der Waals surface area contributed by atoms with Crippen LogP contribution in [0.4, 0.5) is 0 Å². The van der Waals surface area contributed by atoms with Crippen LogP contribution in [0, 0.1) is 0 Å². The Balaban J connectivity index is 3.22. The third-order valence-corrected chi connectivity index (χ3v) is 6.42. The summed E-state index contributed by atoms with van der Waals surface area (Å²) in [5, 5.41) is 11.1. The van der Waals surface area contributed by atoms with Crippen molar-refractivity contribution >= 4 is 37.3 Å². The Morgan fingerprint density at radius 2 is 2.00 bits per heavy atom. The highest BCUT2D eigenvalue weighted by molar-refractivity contribution is 9.10. The van der Waals surface area contributed by atoms with E-state index in [1.807, 2.05) is 0 Å². The molecule has 0 saturated heterocycles. The highest BCUT2D eigenvalue weighted by Crippen LogP contribution is 2.38. The second-order valence-corrected chi connectivity index (χ2v) is 6.68. The van der Waals surface area contributed by atoms with Crippen LogP contribution in [0.1, 0.15) is 13.8 Å². The number of hydrogen-bond donors (Lipinski definition) is 1. The summed E-state index contributed by atoms with van der Waals surface area (Å²) >= 11 is 4.09. The van der Waals surface area contributed by atoms with E-state index in [1.165, 1.54) is 4.31 Å². The number of halogens is 1. The minimum absolute atomic E-state index is 0.00178. The summed E-state index contributed by atoms with van der Waals surface area (Å²) in [6, 6.07) is 0. The van der Waals surface area contributed by atoms with Gasteiger partial charge in [0.05, 0.1) is 4.47 Å². The molecule has 86 valence electrons. The Labute approximate surface area is 102 Å². The molecule has 0 unspecified atom stereocenters. The van der Waals surface area contributed by atoms with Crippen LogP contribution < -0.4 is 0 Å². The second-order valence-electron chi connectivity index (χ2n) is 2.81. The maximum atomic E-state index is 12.0. The zero-order chi connectivity index (χ0) is 11.6. The second kappa shape index (κ2) is 4.82. The van der Waals surface area contributed by atoms with Crippen LogP contribution in [0.15, 0.2) is 14.1 Å². The lowest BCUT2D eigenvalue weighted by atomic mass is 10.6. The SMILES string of the molecule is CCN(CC)S(=O)(=O)c1scc(Br)c1O. The maximum Gasteiger partial charge on any atom is 0.256 e. The highest BCUT2D eigenvalue weighted by Gasteiger charge is 2.27. The monoisotopic (exact) mass is 313 g/mol. The average Bonchev–Trinajstić information content (AvgIpc) is 2.49. The van der Waals surface area contributed by atoms with E-state index in [2.05, 4.69) is 15.9 Å². The molecule has 0 aromatic carbocycles. The number of aromatic hydroxyl groups is 1. The van der Waals surface area contributed by atoms with Gasteiger partial charge in [0.15, 0.2) is 9.96 Å². The molecule has 1 aromatic heterocycles. The van der Waals surface area contributed by atoms with Gasteiger partial charge in [-0.3, -0.25) is 0 Å². The summed E-state index contributed by atoms with van der Waals surface area (Å²) in [5.41, 5.74) is 0. The minimum atomic E-state index is -3.54. The zero-order valence-corrected chi connectivity index (χ0v) is 11.6. The quantitative estimate of drug-likeness (QED) is 0.927. The molecule has 1 N–H and O–H groups in total. The topological polar surface area (TPSA) is 57.6 Å². The van der Waals surface area contributed by atoms with Crippen LogP contribution in [0.5, 0.6) is 5.75 Å². The van der Waals surface area contributed by atoms with Gasteiger partial charge in [0, 0.05) is 18.5 Å². The Kier molecular flexibility index (Phi) is 4.16. The summed E-state index contributed by atoms with van der Waals surface area (Å²) in [7, 11) is -3.54.